The second-order valence-electron chi connectivity index (χ2n) is 6.61. The summed E-state index contributed by atoms with van der Waals surface area (Å²) in [4.78, 5) is 15.2. The smallest absolute Gasteiger partial charge is 0.168 e. The third kappa shape index (κ3) is 2.51. The Balaban J connectivity index is 1.76. The lowest BCUT2D eigenvalue weighted by molar-refractivity contribution is -0.0950. The van der Waals surface area contributed by atoms with Gasteiger partial charge in [0.05, 0.1) is 12.9 Å². The molecule has 0 amide bonds. The van der Waals surface area contributed by atoms with Crippen LogP contribution in [-0.4, -0.2) is 72.3 Å². The molecule has 1 fully saturated rings. The molecule has 9 nitrogen and oxygen atoms in total. The van der Waals surface area contributed by atoms with Gasteiger partial charge < -0.3 is 25.0 Å². The van der Waals surface area contributed by atoms with Crippen molar-refractivity contribution in [1.29, 1.82) is 0 Å². The first-order chi connectivity index (χ1) is 12.0. The van der Waals surface area contributed by atoms with Crippen molar-refractivity contribution in [3.63, 3.8) is 0 Å². The van der Waals surface area contributed by atoms with Gasteiger partial charge in [-0.05, 0) is 13.3 Å². The van der Waals surface area contributed by atoms with Crippen LogP contribution in [0.2, 0.25) is 0 Å². The molecule has 3 unspecified atom stereocenters. The number of imidazole rings is 1. The average molecular weight is 347 g/mol. The Bertz CT molecular complexity index is 805. The van der Waals surface area contributed by atoms with Crippen molar-refractivity contribution in [2.45, 2.75) is 37.4 Å². The number of nitrogens with zero attached hydrogens (tertiary/aromatic N) is 5. The summed E-state index contributed by atoms with van der Waals surface area (Å²) in [7, 11) is 0. The second kappa shape index (κ2) is 6.03. The molecule has 0 saturated carbocycles. The van der Waals surface area contributed by atoms with Gasteiger partial charge in [0.2, 0.25) is 0 Å². The van der Waals surface area contributed by atoms with Gasteiger partial charge in [0.1, 0.15) is 24.1 Å². The van der Waals surface area contributed by atoms with Crippen molar-refractivity contribution < 1.29 is 20.1 Å². The van der Waals surface area contributed by atoms with Gasteiger partial charge >= 0.3 is 0 Å². The number of hydrogen-bond acceptors (Lipinski definition) is 8. The van der Waals surface area contributed by atoms with E-state index in [-0.39, 0.29) is 6.61 Å². The highest BCUT2D eigenvalue weighted by atomic mass is 16.6. The average Bonchev–Trinajstić information content (AvgIpc) is 3.15. The SMILES string of the molecule is CC1(O)C(n2cnc3c(N4CC=CCC4)ncnc32)OC(CO)[C@H]1O. The van der Waals surface area contributed by atoms with Crippen LogP contribution in [0, 0.1) is 0 Å². The fourth-order valence-electron chi connectivity index (χ4n) is 3.47. The summed E-state index contributed by atoms with van der Waals surface area (Å²) >= 11 is 0. The van der Waals surface area contributed by atoms with Gasteiger partial charge in [-0.3, -0.25) is 4.57 Å². The van der Waals surface area contributed by atoms with E-state index in [2.05, 4.69) is 32.0 Å². The van der Waals surface area contributed by atoms with E-state index in [1.165, 1.54) is 19.6 Å². The standard InChI is InChI=1S/C16H21N5O4/c1-16(24)12(23)10(7-22)25-15(16)21-9-19-11-13(17-8-18-14(11)21)20-5-3-2-4-6-20/h2-3,8-10,12,15,22-24H,4-7H2,1H3/t10?,12-,15?,16?/m1/s1. The number of ether oxygens (including phenoxy) is 1. The normalized spacial score (nSPS) is 32.6. The van der Waals surface area contributed by atoms with Gasteiger partial charge in [-0.1, -0.05) is 12.2 Å². The maximum Gasteiger partial charge on any atom is 0.168 e. The maximum atomic E-state index is 10.7. The Hall–Kier alpha value is -2.07. The van der Waals surface area contributed by atoms with Crippen molar-refractivity contribution >= 4 is 17.0 Å². The molecular weight excluding hydrogens is 326 g/mol. The zero-order valence-electron chi connectivity index (χ0n) is 13.9. The molecule has 0 bridgehead atoms. The number of aliphatic hydroxyl groups is 3. The molecule has 2 aliphatic heterocycles. The maximum absolute atomic E-state index is 10.7. The van der Waals surface area contributed by atoms with Crippen LogP contribution >= 0.6 is 0 Å². The number of aliphatic hydroxyl groups excluding tert-OH is 2. The fourth-order valence-corrected chi connectivity index (χ4v) is 3.47. The number of aromatic nitrogens is 4. The van der Waals surface area contributed by atoms with Gasteiger partial charge in [-0.25, -0.2) is 15.0 Å². The first-order valence-electron chi connectivity index (χ1n) is 8.28. The number of hydrogen-bond donors (Lipinski definition) is 3. The predicted molar refractivity (Wildman–Crippen MR) is 88.9 cm³/mol. The molecule has 134 valence electrons. The molecule has 1 saturated heterocycles. The summed E-state index contributed by atoms with van der Waals surface area (Å²) in [5.74, 6) is 0.727. The lowest BCUT2D eigenvalue weighted by Gasteiger charge is -2.27. The van der Waals surface area contributed by atoms with E-state index in [1.807, 2.05) is 0 Å². The predicted octanol–water partition coefficient (Wildman–Crippen LogP) is -0.406. The first kappa shape index (κ1) is 16.4. The van der Waals surface area contributed by atoms with Crippen LogP contribution in [0.15, 0.2) is 24.8 Å². The molecule has 4 atom stereocenters. The molecule has 2 aromatic rings. The molecule has 3 N–H and O–H groups in total. The van der Waals surface area contributed by atoms with Crippen molar-refractivity contribution in [2.75, 3.05) is 24.6 Å². The molecule has 4 heterocycles. The van der Waals surface area contributed by atoms with Gasteiger partial charge in [0.25, 0.3) is 0 Å². The van der Waals surface area contributed by atoms with Crippen molar-refractivity contribution in [3.8, 4) is 0 Å². The molecule has 2 aliphatic rings. The minimum absolute atomic E-state index is 0.388. The van der Waals surface area contributed by atoms with Gasteiger partial charge in [-0.2, -0.15) is 0 Å². The summed E-state index contributed by atoms with van der Waals surface area (Å²) in [6.07, 6.45) is 5.14. The van der Waals surface area contributed by atoms with Crippen LogP contribution in [0.25, 0.3) is 11.2 Å². The van der Waals surface area contributed by atoms with Crippen LogP contribution in [0.1, 0.15) is 19.6 Å². The third-order valence-electron chi connectivity index (χ3n) is 4.88. The summed E-state index contributed by atoms with van der Waals surface area (Å²) in [6, 6.07) is 0. The zero-order chi connectivity index (χ0) is 17.6. The van der Waals surface area contributed by atoms with Gasteiger partial charge in [-0.15, -0.1) is 0 Å². The van der Waals surface area contributed by atoms with Crippen LogP contribution in [0.4, 0.5) is 5.82 Å². The van der Waals surface area contributed by atoms with E-state index in [0.717, 1.165) is 25.3 Å². The van der Waals surface area contributed by atoms with Crippen LogP contribution in [0.5, 0.6) is 0 Å². The molecule has 2 aromatic heterocycles. The fraction of sp³-hybridized carbons (Fsp3) is 0.562. The molecule has 0 spiro atoms. The monoisotopic (exact) mass is 347 g/mol. The highest BCUT2D eigenvalue weighted by Crippen LogP contribution is 2.39. The largest absolute Gasteiger partial charge is 0.394 e. The summed E-state index contributed by atoms with van der Waals surface area (Å²) in [5.41, 5.74) is -0.463. The van der Waals surface area contributed by atoms with E-state index >= 15 is 0 Å². The summed E-state index contributed by atoms with van der Waals surface area (Å²) in [5, 5.41) is 30.2. The first-order valence-corrected chi connectivity index (χ1v) is 8.28. The lowest BCUT2D eigenvalue weighted by Crippen LogP contribution is -2.44. The van der Waals surface area contributed by atoms with E-state index in [1.54, 1.807) is 4.57 Å². The minimum atomic E-state index is -1.58. The van der Waals surface area contributed by atoms with Crippen LogP contribution < -0.4 is 4.90 Å². The number of rotatable bonds is 3. The Kier molecular flexibility index (Phi) is 3.95. The highest BCUT2D eigenvalue weighted by Gasteiger charge is 2.53. The summed E-state index contributed by atoms with van der Waals surface area (Å²) in [6.45, 7) is 2.68. The van der Waals surface area contributed by atoms with Crippen LogP contribution in [-0.2, 0) is 4.74 Å². The molecule has 0 aliphatic carbocycles. The Morgan fingerprint density at radius 3 is 2.84 bits per heavy atom. The summed E-state index contributed by atoms with van der Waals surface area (Å²) < 4.78 is 7.25. The van der Waals surface area contributed by atoms with Crippen molar-refractivity contribution in [3.05, 3.63) is 24.8 Å². The topological polar surface area (TPSA) is 117 Å². The zero-order valence-corrected chi connectivity index (χ0v) is 13.9. The molecule has 0 radical (unpaired) electrons. The quantitative estimate of drug-likeness (QED) is 0.642. The molecule has 25 heavy (non-hydrogen) atoms. The van der Waals surface area contributed by atoms with Gasteiger partial charge in [0.15, 0.2) is 23.2 Å². The minimum Gasteiger partial charge on any atom is -0.394 e. The number of fused-ring (bicyclic) bond motifs is 1. The van der Waals surface area contributed by atoms with E-state index < -0.39 is 24.0 Å². The third-order valence-corrected chi connectivity index (χ3v) is 4.88. The number of anilines is 1. The Morgan fingerprint density at radius 1 is 1.32 bits per heavy atom. The molecule has 9 heteroatoms. The van der Waals surface area contributed by atoms with E-state index in [0.29, 0.717) is 11.2 Å². The molecule has 0 aromatic carbocycles. The Morgan fingerprint density at radius 2 is 2.16 bits per heavy atom. The van der Waals surface area contributed by atoms with Crippen LogP contribution in [0.3, 0.4) is 0 Å². The van der Waals surface area contributed by atoms with Crippen molar-refractivity contribution in [2.24, 2.45) is 0 Å². The van der Waals surface area contributed by atoms with E-state index in [4.69, 9.17) is 4.74 Å². The molecular formula is C16H21N5O4. The van der Waals surface area contributed by atoms with E-state index in [9.17, 15) is 15.3 Å². The Labute approximate surface area is 144 Å². The highest BCUT2D eigenvalue weighted by molar-refractivity contribution is 5.83. The lowest BCUT2D eigenvalue weighted by atomic mass is 9.96. The van der Waals surface area contributed by atoms with Gasteiger partial charge in [0, 0.05) is 13.1 Å². The second-order valence-corrected chi connectivity index (χ2v) is 6.61. The van der Waals surface area contributed by atoms with Crippen molar-refractivity contribution in [1.82, 2.24) is 19.5 Å². The molecule has 4 rings (SSSR count).